The first-order chi connectivity index (χ1) is 20.2. The van der Waals surface area contributed by atoms with E-state index < -0.39 is 5.97 Å². The van der Waals surface area contributed by atoms with Crippen molar-refractivity contribution in [2.24, 2.45) is 5.10 Å². The highest BCUT2D eigenvalue weighted by atomic mass is 35.5. The zero-order valence-electron chi connectivity index (χ0n) is 24.0. The molecule has 2 heterocycles. The molecule has 2 aromatic heterocycles. The Morgan fingerprint density at radius 3 is 2.62 bits per heavy atom. The number of para-hydroxylation sites is 1. The van der Waals surface area contributed by atoms with Gasteiger partial charge in [0.05, 0.1) is 41.4 Å². The largest absolute Gasteiger partial charge is 0.494 e. The molecular formula is C33H30ClN3O5. The van der Waals surface area contributed by atoms with Gasteiger partial charge in [0.25, 0.3) is 5.56 Å². The molecule has 0 aliphatic heterocycles. The average Bonchev–Trinajstić information content (AvgIpc) is 3.45. The van der Waals surface area contributed by atoms with Crippen LogP contribution in [0.4, 0.5) is 0 Å². The Bertz CT molecular complexity index is 1890. The summed E-state index contributed by atoms with van der Waals surface area (Å²) >= 11 is 6.40. The van der Waals surface area contributed by atoms with Gasteiger partial charge in [0.1, 0.15) is 17.3 Å². The Labute approximate surface area is 248 Å². The molecular weight excluding hydrogens is 554 g/mol. The van der Waals surface area contributed by atoms with Crippen molar-refractivity contribution < 1.29 is 18.7 Å². The summed E-state index contributed by atoms with van der Waals surface area (Å²) < 4.78 is 18.0. The van der Waals surface area contributed by atoms with Gasteiger partial charge in [-0.05, 0) is 85.5 Å². The molecule has 0 N–H and O–H groups in total. The molecule has 0 bridgehead atoms. The number of carbonyl (C=O) groups excluding carboxylic acids is 1. The number of carbonyl (C=O) groups is 1. The Hall–Kier alpha value is -4.69. The topological polar surface area (TPSA) is 95.9 Å². The maximum atomic E-state index is 13.7. The van der Waals surface area contributed by atoms with Crippen molar-refractivity contribution in [2.45, 2.75) is 33.6 Å². The number of esters is 1. The normalized spacial score (nSPS) is 11.5. The molecule has 42 heavy (non-hydrogen) atoms. The van der Waals surface area contributed by atoms with Crippen molar-refractivity contribution in [3.8, 4) is 28.5 Å². The number of methoxy groups -OCH3 is 1. The number of aryl methyl sites for hydroxylation is 1. The fraction of sp³-hybridized carbons (Fsp3) is 0.212. The lowest BCUT2D eigenvalue weighted by Crippen LogP contribution is -2.20. The molecule has 0 atom stereocenters. The van der Waals surface area contributed by atoms with Gasteiger partial charge in [0.15, 0.2) is 5.82 Å². The molecule has 5 rings (SSSR count). The lowest BCUT2D eigenvalue weighted by atomic mass is 9.96. The highest BCUT2D eigenvalue weighted by Gasteiger charge is 2.19. The van der Waals surface area contributed by atoms with E-state index in [9.17, 15) is 9.59 Å². The van der Waals surface area contributed by atoms with Crippen LogP contribution in [0.1, 0.15) is 53.9 Å². The smallest absolute Gasteiger partial charge is 0.337 e. The van der Waals surface area contributed by atoms with Crippen LogP contribution in [0.15, 0.2) is 81.0 Å². The molecule has 0 unspecified atom stereocenters. The number of ether oxygens (including phenoxy) is 2. The van der Waals surface area contributed by atoms with Gasteiger partial charge in [0, 0.05) is 11.1 Å². The van der Waals surface area contributed by atoms with E-state index in [0.717, 1.165) is 22.4 Å². The maximum Gasteiger partial charge on any atom is 0.337 e. The summed E-state index contributed by atoms with van der Waals surface area (Å²) in [6.45, 7) is 8.65. The number of halogens is 1. The van der Waals surface area contributed by atoms with Gasteiger partial charge in [-0.1, -0.05) is 37.6 Å². The zero-order valence-corrected chi connectivity index (χ0v) is 24.7. The summed E-state index contributed by atoms with van der Waals surface area (Å²) in [7, 11) is 1.31. The highest BCUT2D eigenvalue weighted by molar-refractivity contribution is 6.33. The number of benzene rings is 3. The summed E-state index contributed by atoms with van der Waals surface area (Å²) in [5.74, 6) is 1.72. The van der Waals surface area contributed by atoms with Gasteiger partial charge >= 0.3 is 5.97 Å². The van der Waals surface area contributed by atoms with Crippen molar-refractivity contribution in [3.63, 3.8) is 0 Å². The van der Waals surface area contributed by atoms with Gasteiger partial charge in [-0.3, -0.25) is 4.79 Å². The van der Waals surface area contributed by atoms with E-state index in [4.69, 9.17) is 30.5 Å². The fourth-order valence-electron chi connectivity index (χ4n) is 4.72. The minimum Gasteiger partial charge on any atom is -0.494 e. The van der Waals surface area contributed by atoms with E-state index in [-0.39, 0.29) is 11.5 Å². The quantitative estimate of drug-likeness (QED) is 0.139. The molecule has 214 valence electrons. The predicted molar refractivity (Wildman–Crippen MR) is 165 cm³/mol. The molecule has 0 radical (unpaired) electrons. The van der Waals surface area contributed by atoms with Crippen LogP contribution in [0.2, 0.25) is 5.02 Å². The zero-order chi connectivity index (χ0) is 30.0. The van der Waals surface area contributed by atoms with Gasteiger partial charge in [0.2, 0.25) is 0 Å². The van der Waals surface area contributed by atoms with Crippen molar-refractivity contribution in [3.05, 3.63) is 105 Å². The van der Waals surface area contributed by atoms with E-state index in [1.165, 1.54) is 18.0 Å². The summed E-state index contributed by atoms with van der Waals surface area (Å²) in [4.78, 5) is 30.6. The number of fused-ring (bicyclic) bond motifs is 1. The monoisotopic (exact) mass is 583 g/mol. The van der Waals surface area contributed by atoms with Crippen LogP contribution in [-0.2, 0) is 4.74 Å². The third-order valence-electron chi connectivity index (χ3n) is 6.85. The third kappa shape index (κ3) is 5.58. The van der Waals surface area contributed by atoms with Gasteiger partial charge in [-0.15, -0.1) is 0 Å². The first-order valence-electron chi connectivity index (χ1n) is 13.5. The number of aromatic nitrogens is 2. The van der Waals surface area contributed by atoms with Crippen LogP contribution in [0, 0.1) is 6.92 Å². The van der Waals surface area contributed by atoms with E-state index in [1.54, 1.807) is 42.5 Å². The van der Waals surface area contributed by atoms with Crippen LogP contribution in [0.5, 0.6) is 5.75 Å². The molecule has 0 fully saturated rings. The number of furan rings is 1. The minimum absolute atomic E-state index is 0.182. The molecule has 0 saturated carbocycles. The van der Waals surface area contributed by atoms with Crippen LogP contribution >= 0.6 is 11.6 Å². The summed E-state index contributed by atoms with van der Waals surface area (Å²) in [6, 6.07) is 19.4. The second kappa shape index (κ2) is 12.0. The van der Waals surface area contributed by atoms with Crippen molar-refractivity contribution >= 4 is 34.7 Å². The number of rotatable bonds is 8. The van der Waals surface area contributed by atoms with Gasteiger partial charge in [-0.25, -0.2) is 9.78 Å². The van der Waals surface area contributed by atoms with Crippen LogP contribution < -0.4 is 10.3 Å². The average molecular weight is 584 g/mol. The Morgan fingerprint density at radius 1 is 1.10 bits per heavy atom. The van der Waals surface area contributed by atoms with Gasteiger partial charge < -0.3 is 13.9 Å². The molecule has 9 heteroatoms. The fourth-order valence-corrected chi connectivity index (χ4v) is 4.93. The molecule has 0 aliphatic rings. The molecule has 0 aliphatic carbocycles. The number of hydrogen-bond acceptors (Lipinski definition) is 7. The molecule has 5 aromatic rings. The first kappa shape index (κ1) is 28.8. The van der Waals surface area contributed by atoms with Crippen molar-refractivity contribution in [1.82, 2.24) is 9.66 Å². The Balaban J connectivity index is 1.62. The summed E-state index contributed by atoms with van der Waals surface area (Å²) in [5.41, 5.74) is 3.81. The van der Waals surface area contributed by atoms with Crippen LogP contribution in [0.3, 0.4) is 0 Å². The molecule has 0 spiro atoms. The second-order valence-corrected chi connectivity index (χ2v) is 10.4. The van der Waals surface area contributed by atoms with E-state index in [0.29, 0.717) is 51.0 Å². The summed E-state index contributed by atoms with van der Waals surface area (Å²) in [6.07, 6.45) is 1.45. The number of hydrogen-bond donors (Lipinski definition) is 0. The van der Waals surface area contributed by atoms with Crippen molar-refractivity contribution in [2.75, 3.05) is 13.7 Å². The van der Waals surface area contributed by atoms with E-state index >= 15 is 0 Å². The molecule has 0 amide bonds. The maximum absolute atomic E-state index is 13.7. The van der Waals surface area contributed by atoms with E-state index in [1.807, 2.05) is 38.1 Å². The standard InChI is InChI=1S/C33H30ClN3O5/c1-6-41-30-15-20(4)25(17-24(30)19(2)3)31-36-28-10-8-7-9-23(28)32(38)37(31)35-18-22-12-14-29(42-22)26-16-21(33(39)40-5)11-13-27(26)34/h7-19H,6H2,1-5H3. The Morgan fingerprint density at radius 2 is 1.88 bits per heavy atom. The van der Waals surface area contributed by atoms with E-state index in [2.05, 4.69) is 18.9 Å². The molecule has 0 saturated heterocycles. The Kier molecular flexibility index (Phi) is 8.27. The minimum atomic E-state index is -0.484. The number of nitrogens with zero attached hydrogens (tertiary/aromatic N) is 3. The molecule has 3 aromatic carbocycles. The predicted octanol–water partition coefficient (Wildman–Crippen LogP) is 7.48. The van der Waals surface area contributed by atoms with Crippen LogP contribution in [-0.4, -0.2) is 35.6 Å². The first-order valence-corrected chi connectivity index (χ1v) is 13.9. The molecule has 8 nitrogen and oxygen atoms in total. The third-order valence-corrected chi connectivity index (χ3v) is 7.18. The van der Waals surface area contributed by atoms with Gasteiger partial charge in [-0.2, -0.15) is 9.78 Å². The lowest BCUT2D eigenvalue weighted by Gasteiger charge is -2.18. The van der Waals surface area contributed by atoms with Crippen molar-refractivity contribution in [1.29, 1.82) is 0 Å². The SMILES string of the molecule is CCOc1cc(C)c(-c2nc3ccccc3c(=O)n2N=Cc2ccc(-c3cc(C(=O)OC)ccc3Cl)o2)cc1C(C)C. The van der Waals surface area contributed by atoms with Crippen LogP contribution in [0.25, 0.3) is 33.6 Å². The summed E-state index contributed by atoms with van der Waals surface area (Å²) in [5, 5.41) is 5.40. The second-order valence-electron chi connectivity index (χ2n) is 9.99. The highest BCUT2D eigenvalue weighted by Crippen LogP contribution is 2.34. The lowest BCUT2D eigenvalue weighted by molar-refractivity contribution is 0.0601.